The van der Waals surface area contributed by atoms with E-state index in [2.05, 4.69) is 37.9 Å². The van der Waals surface area contributed by atoms with E-state index in [1.807, 2.05) is 18.2 Å². The minimum atomic E-state index is -0.376. The van der Waals surface area contributed by atoms with Crippen LogP contribution in [0.4, 0.5) is 0 Å². The van der Waals surface area contributed by atoms with E-state index < -0.39 is 0 Å². The van der Waals surface area contributed by atoms with Crippen LogP contribution in [0.2, 0.25) is 0 Å². The highest BCUT2D eigenvalue weighted by Crippen LogP contribution is 2.23. The van der Waals surface area contributed by atoms with Crippen molar-refractivity contribution >= 4 is 45.2 Å². The molecular formula is C24H28N2O3S2. The summed E-state index contributed by atoms with van der Waals surface area (Å²) in [6.07, 6.45) is 3.27. The van der Waals surface area contributed by atoms with E-state index in [4.69, 9.17) is 4.74 Å². The molecule has 1 amide bonds. The van der Waals surface area contributed by atoms with Gasteiger partial charge in [0.2, 0.25) is 0 Å². The molecule has 164 valence electrons. The number of amides is 1. The molecule has 31 heavy (non-hydrogen) atoms. The Morgan fingerprint density at radius 3 is 2.55 bits per heavy atom. The number of unbranched alkanes of at least 4 members (excludes halogenated alkanes) is 1. The van der Waals surface area contributed by atoms with Crippen LogP contribution in [-0.2, 0) is 22.5 Å². The van der Waals surface area contributed by atoms with Crippen molar-refractivity contribution in [2.45, 2.75) is 56.7 Å². The van der Waals surface area contributed by atoms with Crippen molar-refractivity contribution in [1.82, 2.24) is 4.57 Å². The summed E-state index contributed by atoms with van der Waals surface area (Å²) < 4.78 is 7.62. The fourth-order valence-electron chi connectivity index (χ4n) is 3.19. The molecule has 0 aliphatic heterocycles. The number of carbonyl (C=O) groups excluding carboxylic acids is 2. The Kier molecular flexibility index (Phi) is 8.09. The van der Waals surface area contributed by atoms with E-state index >= 15 is 0 Å². The Labute approximate surface area is 191 Å². The Hall–Kier alpha value is -2.38. The van der Waals surface area contributed by atoms with Crippen LogP contribution in [0.15, 0.2) is 52.4 Å². The standard InChI is InChI=1S/C24H28N2O3S2/c1-5-6-7-17-8-13-20-21(14-17)31-24(26(20)15-22(27)29-4)25-23(28)18-9-11-19(12-10-18)30-16(2)3/h8-14,16H,5-7,15H2,1-4H3. The molecule has 3 rings (SSSR count). The van der Waals surface area contributed by atoms with Gasteiger partial charge >= 0.3 is 5.97 Å². The molecule has 0 spiro atoms. The highest BCUT2D eigenvalue weighted by Gasteiger charge is 2.13. The number of rotatable bonds is 8. The molecule has 0 saturated carbocycles. The second kappa shape index (κ2) is 10.8. The molecule has 0 atom stereocenters. The van der Waals surface area contributed by atoms with Crippen LogP contribution in [0, 0.1) is 0 Å². The average molecular weight is 457 g/mol. The van der Waals surface area contributed by atoms with Crippen molar-refractivity contribution in [3.8, 4) is 0 Å². The number of methoxy groups -OCH3 is 1. The first kappa shape index (κ1) is 23.3. The zero-order valence-electron chi connectivity index (χ0n) is 18.4. The maximum atomic E-state index is 12.8. The van der Waals surface area contributed by atoms with Gasteiger partial charge in [0.25, 0.3) is 5.91 Å². The first-order valence-corrected chi connectivity index (χ1v) is 12.2. The quantitative estimate of drug-likeness (QED) is 0.334. The number of esters is 1. The normalized spacial score (nSPS) is 12.0. The molecule has 5 nitrogen and oxygen atoms in total. The number of carbonyl (C=O) groups is 2. The summed E-state index contributed by atoms with van der Waals surface area (Å²) in [7, 11) is 1.36. The van der Waals surface area contributed by atoms with Gasteiger partial charge in [-0.15, -0.1) is 11.8 Å². The van der Waals surface area contributed by atoms with E-state index in [9.17, 15) is 9.59 Å². The van der Waals surface area contributed by atoms with Gasteiger partial charge in [0.15, 0.2) is 4.80 Å². The van der Waals surface area contributed by atoms with E-state index in [0.29, 0.717) is 15.6 Å². The minimum absolute atomic E-state index is 0.0148. The fourth-order valence-corrected chi connectivity index (χ4v) is 5.11. The molecule has 0 aliphatic rings. The molecule has 0 radical (unpaired) electrons. The van der Waals surface area contributed by atoms with Crippen molar-refractivity contribution in [2.75, 3.05) is 7.11 Å². The lowest BCUT2D eigenvalue weighted by molar-refractivity contribution is -0.141. The molecule has 3 aromatic rings. The molecule has 2 aromatic carbocycles. The number of thiazole rings is 1. The van der Waals surface area contributed by atoms with Crippen molar-refractivity contribution in [3.63, 3.8) is 0 Å². The molecular weight excluding hydrogens is 428 g/mol. The third-order valence-corrected chi connectivity index (χ3v) is 6.81. The molecule has 1 heterocycles. The average Bonchev–Trinajstić information content (AvgIpc) is 3.08. The first-order valence-electron chi connectivity index (χ1n) is 10.5. The number of hydrogen-bond donors (Lipinski definition) is 0. The van der Waals surface area contributed by atoms with E-state index in [1.54, 1.807) is 28.5 Å². The molecule has 0 aliphatic carbocycles. The second-order valence-corrected chi connectivity index (χ2v) is 10.2. The summed E-state index contributed by atoms with van der Waals surface area (Å²) in [6.45, 7) is 6.45. The number of benzene rings is 2. The zero-order chi connectivity index (χ0) is 22.4. The smallest absolute Gasteiger partial charge is 0.325 e. The Morgan fingerprint density at radius 1 is 1.16 bits per heavy atom. The minimum Gasteiger partial charge on any atom is -0.468 e. The van der Waals surface area contributed by atoms with Crippen molar-refractivity contribution in [1.29, 1.82) is 0 Å². The van der Waals surface area contributed by atoms with Crippen molar-refractivity contribution < 1.29 is 14.3 Å². The lowest BCUT2D eigenvalue weighted by Crippen LogP contribution is -2.22. The van der Waals surface area contributed by atoms with Gasteiger partial charge in [0.1, 0.15) is 6.54 Å². The largest absolute Gasteiger partial charge is 0.468 e. The van der Waals surface area contributed by atoms with Gasteiger partial charge in [-0.3, -0.25) is 9.59 Å². The lowest BCUT2D eigenvalue weighted by atomic mass is 10.1. The van der Waals surface area contributed by atoms with Gasteiger partial charge < -0.3 is 9.30 Å². The van der Waals surface area contributed by atoms with Gasteiger partial charge in [0, 0.05) is 15.7 Å². The third kappa shape index (κ3) is 6.08. The van der Waals surface area contributed by atoms with Crippen LogP contribution in [0.1, 0.15) is 49.5 Å². The molecule has 1 aromatic heterocycles. The predicted octanol–water partition coefficient (Wildman–Crippen LogP) is 5.46. The summed E-state index contributed by atoms with van der Waals surface area (Å²) >= 11 is 3.17. The number of ether oxygens (including phenoxy) is 1. The van der Waals surface area contributed by atoms with Crippen molar-refractivity contribution in [2.24, 2.45) is 4.99 Å². The highest BCUT2D eigenvalue weighted by molar-refractivity contribution is 7.99. The summed E-state index contributed by atoms with van der Waals surface area (Å²) in [5.74, 6) is -0.698. The van der Waals surface area contributed by atoms with Crippen LogP contribution in [0.5, 0.6) is 0 Å². The number of aryl methyl sites for hydroxylation is 1. The van der Waals surface area contributed by atoms with Crippen LogP contribution >= 0.6 is 23.1 Å². The monoisotopic (exact) mass is 456 g/mol. The number of thioether (sulfide) groups is 1. The second-order valence-electron chi connectivity index (χ2n) is 7.56. The van der Waals surface area contributed by atoms with Gasteiger partial charge in [0.05, 0.1) is 17.3 Å². The molecule has 7 heteroatoms. The van der Waals surface area contributed by atoms with E-state index in [-0.39, 0.29) is 18.4 Å². The molecule has 0 fully saturated rings. The summed E-state index contributed by atoms with van der Waals surface area (Å²) in [4.78, 5) is 30.8. The fraction of sp³-hybridized carbons (Fsp3) is 0.375. The Bertz CT molecular complexity index is 1130. The van der Waals surface area contributed by atoms with Gasteiger partial charge in [-0.05, 0) is 54.8 Å². The Balaban J connectivity index is 1.99. The molecule has 0 N–H and O–H groups in total. The van der Waals surface area contributed by atoms with Gasteiger partial charge in [-0.1, -0.05) is 44.6 Å². The van der Waals surface area contributed by atoms with Crippen LogP contribution < -0.4 is 4.80 Å². The highest BCUT2D eigenvalue weighted by atomic mass is 32.2. The van der Waals surface area contributed by atoms with Crippen molar-refractivity contribution in [3.05, 3.63) is 58.4 Å². The van der Waals surface area contributed by atoms with Gasteiger partial charge in [-0.25, -0.2) is 0 Å². The zero-order valence-corrected chi connectivity index (χ0v) is 20.0. The number of nitrogens with zero attached hydrogens (tertiary/aromatic N) is 2. The summed E-state index contributed by atoms with van der Waals surface area (Å²) in [5.41, 5.74) is 2.65. The number of hydrogen-bond acceptors (Lipinski definition) is 5. The Morgan fingerprint density at radius 2 is 1.90 bits per heavy atom. The number of fused-ring (bicyclic) bond motifs is 1. The summed E-state index contributed by atoms with van der Waals surface area (Å²) in [5, 5.41) is 0.476. The molecule has 0 saturated heterocycles. The SMILES string of the molecule is CCCCc1ccc2c(c1)sc(=NC(=O)c1ccc(SC(C)C)cc1)n2CC(=O)OC. The summed E-state index contributed by atoms with van der Waals surface area (Å²) in [6, 6.07) is 13.7. The van der Waals surface area contributed by atoms with Crippen LogP contribution in [0.3, 0.4) is 0 Å². The van der Waals surface area contributed by atoms with Gasteiger partial charge in [-0.2, -0.15) is 4.99 Å². The topological polar surface area (TPSA) is 60.7 Å². The maximum absolute atomic E-state index is 12.8. The number of aromatic nitrogens is 1. The molecule has 0 unspecified atom stereocenters. The maximum Gasteiger partial charge on any atom is 0.325 e. The van der Waals surface area contributed by atoms with Crippen LogP contribution in [0.25, 0.3) is 10.2 Å². The molecule has 0 bridgehead atoms. The van der Waals surface area contributed by atoms with E-state index in [1.165, 1.54) is 24.0 Å². The first-order chi connectivity index (χ1) is 14.9. The van der Waals surface area contributed by atoms with E-state index in [0.717, 1.165) is 34.4 Å². The lowest BCUT2D eigenvalue weighted by Gasteiger charge is -2.05. The third-order valence-electron chi connectivity index (χ3n) is 4.75. The predicted molar refractivity (Wildman–Crippen MR) is 128 cm³/mol. The van der Waals surface area contributed by atoms with Crippen LogP contribution in [-0.4, -0.2) is 28.8 Å².